The standard InChI is InChI=1S/C64H48N2OSi/c1-68(2,3)48-40-38-47(39-41-48)66(57-37-21-36-56-60(57)51-31-17-19-35-55(51)65(56)46-28-14-7-15-29-46)58-42-54-59(63-61(58)52-33-20-32-49(62(52)67-63)43-22-8-4-9-23-43)50-30-16-18-34-53(50)64(54,44-24-10-5-11-25-44)45-26-12-6-13-27-45/h4-42H,1-3H3. The summed E-state index contributed by atoms with van der Waals surface area (Å²) >= 11 is 0. The number of hydrogen-bond acceptors (Lipinski definition) is 2. The molecule has 0 radical (unpaired) electrons. The van der Waals surface area contributed by atoms with Crippen LogP contribution in [0.4, 0.5) is 17.1 Å². The zero-order valence-corrected chi connectivity index (χ0v) is 39.3. The zero-order valence-electron chi connectivity index (χ0n) is 38.3. The summed E-state index contributed by atoms with van der Waals surface area (Å²) in [6.07, 6.45) is 0. The molecule has 13 rings (SSSR count). The van der Waals surface area contributed by atoms with E-state index in [0.717, 1.165) is 72.4 Å². The fraction of sp³-hybridized carbons (Fsp3) is 0.0625. The normalized spacial score (nSPS) is 13.0. The van der Waals surface area contributed by atoms with E-state index in [1.54, 1.807) is 0 Å². The predicted octanol–water partition coefficient (Wildman–Crippen LogP) is 16.7. The first kappa shape index (κ1) is 40.1. The number of aromatic nitrogens is 1. The molecular formula is C64H48N2OSi. The van der Waals surface area contributed by atoms with Crippen LogP contribution in [-0.2, 0) is 5.41 Å². The van der Waals surface area contributed by atoms with Crippen molar-refractivity contribution in [2.24, 2.45) is 0 Å². The summed E-state index contributed by atoms with van der Waals surface area (Å²) in [6, 6.07) is 87.1. The van der Waals surface area contributed by atoms with Crippen molar-refractivity contribution in [3.8, 4) is 27.9 Å². The summed E-state index contributed by atoms with van der Waals surface area (Å²) in [6.45, 7) is 7.28. The molecule has 12 aromatic rings. The monoisotopic (exact) mass is 888 g/mol. The summed E-state index contributed by atoms with van der Waals surface area (Å²) in [7, 11) is -1.65. The highest BCUT2D eigenvalue weighted by atomic mass is 28.3. The molecule has 2 heterocycles. The lowest BCUT2D eigenvalue weighted by Crippen LogP contribution is -2.37. The third-order valence-electron chi connectivity index (χ3n) is 14.4. The maximum absolute atomic E-state index is 7.62. The second-order valence-electron chi connectivity index (χ2n) is 19.2. The number of hydrogen-bond donors (Lipinski definition) is 0. The van der Waals surface area contributed by atoms with Crippen molar-refractivity contribution in [1.82, 2.24) is 4.57 Å². The number of fused-ring (bicyclic) bond motifs is 10. The van der Waals surface area contributed by atoms with Crippen molar-refractivity contribution in [2.45, 2.75) is 25.1 Å². The first-order chi connectivity index (χ1) is 33.4. The number of nitrogens with zero attached hydrogens (tertiary/aromatic N) is 2. The molecule has 0 N–H and O–H groups in total. The Labute approximate surface area is 397 Å². The van der Waals surface area contributed by atoms with Gasteiger partial charge in [-0.15, -0.1) is 0 Å². The summed E-state index contributed by atoms with van der Waals surface area (Å²) in [5.41, 5.74) is 17.2. The lowest BCUT2D eigenvalue weighted by atomic mass is 9.67. The summed E-state index contributed by atoms with van der Waals surface area (Å²) in [5.74, 6) is 0. The van der Waals surface area contributed by atoms with Gasteiger partial charge in [0.15, 0.2) is 0 Å². The summed E-state index contributed by atoms with van der Waals surface area (Å²) in [5, 5.41) is 5.97. The second-order valence-corrected chi connectivity index (χ2v) is 24.3. The van der Waals surface area contributed by atoms with E-state index in [1.807, 2.05) is 0 Å². The van der Waals surface area contributed by atoms with Gasteiger partial charge in [0.1, 0.15) is 11.2 Å². The Kier molecular flexibility index (Phi) is 9.11. The molecule has 1 aliphatic carbocycles. The number of para-hydroxylation sites is 3. The number of furan rings is 1. The number of anilines is 3. The Morgan fingerprint density at radius 3 is 1.72 bits per heavy atom. The van der Waals surface area contributed by atoms with E-state index in [4.69, 9.17) is 4.42 Å². The van der Waals surface area contributed by atoms with Gasteiger partial charge in [-0.25, -0.2) is 0 Å². The molecule has 1 aliphatic rings. The highest BCUT2D eigenvalue weighted by Gasteiger charge is 2.48. The molecule has 4 heteroatoms. The zero-order chi connectivity index (χ0) is 45.6. The van der Waals surface area contributed by atoms with Gasteiger partial charge in [-0.1, -0.05) is 213 Å². The SMILES string of the molecule is C[Si](C)(C)c1ccc(N(c2cc3c(c4oc5c(-c6ccccc6)cccc5c24)-c2ccccc2C3(c2ccccc2)c2ccccc2)c2cccc3c2c2ccccc2n3-c2ccccc2)cc1. The topological polar surface area (TPSA) is 21.3 Å². The van der Waals surface area contributed by atoms with E-state index >= 15 is 0 Å². The van der Waals surface area contributed by atoms with E-state index < -0.39 is 13.5 Å². The van der Waals surface area contributed by atoms with Crippen LogP contribution in [-0.4, -0.2) is 12.6 Å². The van der Waals surface area contributed by atoms with Crippen LogP contribution < -0.4 is 10.1 Å². The lowest BCUT2D eigenvalue weighted by molar-refractivity contribution is 0.670. The highest BCUT2D eigenvalue weighted by Crippen LogP contribution is 2.61. The quantitative estimate of drug-likeness (QED) is 0.142. The van der Waals surface area contributed by atoms with E-state index in [-0.39, 0.29) is 0 Å². The highest BCUT2D eigenvalue weighted by molar-refractivity contribution is 6.88. The van der Waals surface area contributed by atoms with Gasteiger partial charge < -0.3 is 13.9 Å². The molecule has 0 unspecified atom stereocenters. The Bertz CT molecular complexity index is 3830. The first-order valence-electron chi connectivity index (χ1n) is 23.7. The molecule has 68 heavy (non-hydrogen) atoms. The Morgan fingerprint density at radius 2 is 1.01 bits per heavy atom. The molecule has 324 valence electrons. The van der Waals surface area contributed by atoms with E-state index in [9.17, 15) is 0 Å². The lowest BCUT2D eigenvalue weighted by Gasteiger charge is -2.35. The molecule has 2 aromatic heterocycles. The Balaban J connectivity index is 1.24. The van der Waals surface area contributed by atoms with Crippen molar-refractivity contribution in [2.75, 3.05) is 4.90 Å². The third-order valence-corrected chi connectivity index (χ3v) is 16.5. The predicted molar refractivity (Wildman–Crippen MR) is 288 cm³/mol. The van der Waals surface area contributed by atoms with Gasteiger partial charge in [-0.2, -0.15) is 0 Å². The van der Waals surface area contributed by atoms with Crippen LogP contribution in [0.25, 0.3) is 71.7 Å². The van der Waals surface area contributed by atoms with E-state index in [2.05, 4.69) is 266 Å². The Morgan fingerprint density at radius 1 is 0.441 bits per heavy atom. The fourth-order valence-electron chi connectivity index (χ4n) is 11.4. The average Bonchev–Trinajstić information content (AvgIpc) is 4.05. The third kappa shape index (κ3) is 5.90. The van der Waals surface area contributed by atoms with Crippen LogP contribution in [0.2, 0.25) is 19.6 Å². The second kappa shape index (κ2) is 15.4. The molecule has 0 aliphatic heterocycles. The fourth-order valence-corrected chi connectivity index (χ4v) is 12.6. The number of rotatable bonds is 8. The number of benzene rings is 10. The van der Waals surface area contributed by atoms with Crippen molar-refractivity contribution in [3.05, 3.63) is 259 Å². The van der Waals surface area contributed by atoms with Gasteiger partial charge in [0, 0.05) is 38.7 Å². The maximum atomic E-state index is 7.62. The average molecular weight is 889 g/mol. The minimum absolute atomic E-state index is 0.665. The molecule has 0 spiro atoms. The van der Waals surface area contributed by atoms with Crippen LogP contribution in [0.15, 0.2) is 241 Å². The molecule has 0 fully saturated rings. The van der Waals surface area contributed by atoms with Crippen molar-refractivity contribution < 1.29 is 4.42 Å². The molecule has 0 saturated heterocycles. The van der Waals surface area contributed by atoms with Crippen molar-refractivity contribution in [1.29, 1.82) is 0 Å². The minimum Gasteiger partial charge on any atom is -0.455 e. The molecule has 10 aromatic carbocycles. The van der Waals surface area contributed by atoms with Crippen LogP contribution in [0.1, 0.15) is 22.3 Å². The van der Waals surface area contributed by atoms with Gasteiger partial charge in [-0.3, -0.25) is 0 Å². The van der Waals surface area contributed by atoms with Gasteiger partial charge in [0.2, 0.25) is 0 Å². The Hall–Kier alpha value is -8.18. The molecule has 0 atom stereocenters. The summed E-state index contributed by atoms with van der Waals surface area (Å²) < 4.78 is 10.0. The van der Waals surface area contributed by atoms with E-state index in [0.29, 0.717) is 0 Å². The largest absolute Gasteiger partial charge is 0.455 e. The molecule has 3 nitrogen and oxygen atoms in total. The molecular weight excluding hydrogens is 841 g/mol. The minimum atomic E-state index is -1.65. The smallest absolute Gasteiger partial charge is 0.145 e. The molecule has 0 amide bonds. The first-order valence-corrected chi connectivity index (χ1v) is 27.2. The molecule has 0 saturated carbocycles. The van der Waals surface area contributed by atoms with Gasteiger partial charge in [0.05, 0.1) is 41.3 Å². The molecule has 0 bridgehead atoms. The van der Waals surface area contributed by atoms with Crippen molar-refractivity contribution >= 4 is 74.1 Å². The van der Waals surface area contributed by atoms with Gasteiger partial charge in [0.25, 0.3) is 0 Å². The summed E-state index contributed by atoms with van der Waals surface area (Å²) in [4.78, 5) is 2.55. The van der Waals surface area contributed by atoms with Crippen LogP contribution in [0, 0.1) is 0 Å². The van der Waals surface area contributed by atoms with Crippen molar-refractivity contribution in [3.63, 3.8) is 0 Å². The van der Waals surface area contributed by atoms with Crippen LogP contribution >= 0.6 is 0 Å². The van der Waals surface area contributed by atoms with E-state index in [1.165, 1.54) is 43.8 Å². The van der Waals surface area contributed by atoms with Crippen LogP contribution in [0.5, 0.6) is 0 Å². The van der Waals surface area contributed by atoms with Gasteiger partial charge >= 0.3 is 0 Å². The van der Waals surface area contributed by atoms with Gasteiger partial charge in [-0.05, 0) is 81.9 Å². The van der Waals surface area contributed by atoms with Crippen LogP contribution in [0.3, 0.4) is 0 Å². The maximum Gasteiger partial charge on any atom is 0.145 e.